The first-order valence-electron chi connectivity index (χ1n) is 12.8. The molecule has 0 bridgehead atoms. The van der Waals surface area contributed by atoms with Gasteiger partial charge in [0.25, 0.3) is 0 Å². The van der Waals surface area contributed by atoms with Crippen molar-refractivity contribution in [1.82, 2.24) is 0 Å². The molecule has 4 aliphatic rings. The summed E-state index contributed by atoms with van der Waals surface area (Å²) in [5.41, 5.74) is 0.391. The van der Waals surface area contributed by atoms with E-state index in [4.69, 9.17) is 28.4 Å². The van der Waals surface area contributed by atoms with E-state index in [-0.39, 0.29) is 12.4 Å². The minimum absolute atomic E-state index is 0.158. The molecule has 6 nitrogen and oxygen atoms in total. The summed E-state index contributed by atoms with van der Waals surface area (Å²) in [6, 6.07) is 0. The maximum atomic E-state index is 6.27. The van der Waals surface area contributed by atoms with Crippen LogP contribution in [0.2, 0.25) is 0 Å². The van der Waals surface area contributed by atoms with Crippen molar-refractivity contribution in [2.75, 3.05) is 39.6 Å². The molecule has 180 valence electrons. The van der Waals surface area contributed by atoms with Gasteiger partial charge in [-0.3, -0.25) is 0 Å². The lowest BCUT2D eigenvalue weighted by Crippen LogP contribution is -2.40. The minimum atomic E-state index is -0.165. The number of epoxide rings is 2. The van der Waals surface area contributed by atoms with Gasteiger partial charge < -0.3 is 28.4 Å². The summed E-state index contributed by atoms with van der Waals surface area (Å²) < 4.78 is 34.3. The summed E-state index contributed by atoms with van der Waals surface area (Å²) in [5.74, 6) is 1.59. The van der Waals surface area contributed by atoms with Crippen molar-refractivity contribution in [3.05, 3.63) is 0 Å². The zero-order valence-corrected chi connectivity index (χ0v) is 19.9. The molecular formula is C25H44O6. The lowest BCUT2D eigenvalue weighted by Gasteiger charge is -2.46. The predicted octanol–water partition coefficient (Wildman–Crippen LogP) is 4.34. The molecule has 3 unspecified atom stereocenters. The van der Waals surface area contributed by atoms with Crippen LogP contribution in [0.3, 0.4) is 0 Å². The molecule has 3 atom stereocenters. The first kappa shape index (κ1) is 23.9. The van der Waals surface area contributed by atoms with Gasteiger partial charge in [-0.05, 0) is 75.5 Å². The van der Waals surface area contributed by atoms with Gasteiger partial charge in [0.2, 0.25) is 0 Å². The Bertz CT molecular complexity index is 516. The molecule has 2 saturated heterocycles. The van der Waals surface area contributed by atoms with Crippen molar-refractivity contribution < 1.29 is 28.4 Å². The van der Waals surface area contributed by atoms with E-state index in [1.807, 2.05) is 6.92 Å². The van der Waals surface area contributed by atoms with Crippen LogP contribution in [0.1, 0.15) is 72.1 Å². The fourth-order valence-corrected chi connectivity index (χ4v) is 5.70. The topological polar surface area (TPSA) is 62.0 Å². The Morgan fingerprint density at radius 1 is 0.839 bits per heavy atom. The first-order valence-corrected chi connectivity index (χ1v) is 12.8. The molecule has 4 fully saturated rings. The lowest BCUT2D eigenvalue weighted by atomic mass is 9.60. The molecule has 0 radical (unpaired) electrons. The fraction of sp³-hybridized carbons (Fsp3) is 1.00. The Labute approximate surface area is 188 Å². The zero-order valence-electron chi connectivity index (χ0n) is 19.9. The average Bonchev–Trinajstić information content (AvgIpc) is 3.68. The SMILES string of the molecule is CCOC(OC1CCC(C(C)(C)C2CCC(OCCOCC3CO3)CC2)CC1)C1CO1. The van der Waals surface area contributed by atoms with Gasteiger partial charge in [0.15, 0.2) is 6.29 Å². The summed E-state index contributed by atoms with van der Waals surface area (Å²) >= 11 is 0. The van der Waals surface area contributed by atoms with Crippen LogP contribution in [0.15, 0.2) is 0 Å². The number of hydrogen-bond donors (Lipinski definition) is 0. The Kier molecular flexibility index (Phi) is 8.68. The van der Waals surface area contributed by atoms with Crippen LogP contribution in [-0.2, 0) is 28.4 Å². The highest BCUT2D eigenvalue weighted by molar-refractivity contribution is 4.91. The van der Waals surface area contributed by atoms with Gasteiger partial charge in [-0.25, -0.2) is 0 Å². The quantitative estimate of drug-likeness (QED) is 0.241. The third-order valence-corrected chi connectivity index (χ3v) is 8.06. The molecule has 2 aliphatic heterocycles. The van der Waals surface area contributed by atoms with Gasteiger partial charge in [0.1, 0.15) is 12.2 Å². The van der Waals surface area contributed by atoms with Crippen LogP contribution in [0.25, 0.3) is 0 Å². The maximum Gasteiger partial charge on any atom is 0.186 e. The van der Waals surface area contributed by atoms with Crippen molar-refractivity contribution in [3.8, 4) is 0 Å². The molecule has 2 aliphatic carbocycles. The Balaban J connectivity index is 1.13. The van der Waals surface area contributed by atoms with E-state index >= 15 is 0 Å². The molecule has 6 heteroatoms. The first-order chi connectivity index (χ1) is 15.1. The Morgan fingerprint density at radius 2 is 1.45 bits per heavy atom. The smallest absolute Gasteiger partial charge is 0.186 e. The Morgan fingerprint density at radius 3 is 2.00 bits per heavy atom. The summed E-state index contributed by atoms with van der Waals surface area (Å²) in [4.78, 5) is 0. The Hall–Kier alpha value is -0.240. The summed E-state index contributed by atoms with van der Waals surface area (Å²) in [7, 11) is 0. The molecule has 0 N–H and O–H groups in total. The monoisotopic (exact) mass is 440 g/mol. The van der Waals surface area contributed by atoms with Crippen molar-refractivity contribution in [1.29, 1.82) is 0 Å². The second kappa shape index (κ2) is 11.3. The number of rotatable bonds is 13. The summed E-state index contributed by atoms with van der Waals surface area (Å²) in [5, 5.41) is 0. The second-order valence-corrected chi connectivity index (χ2v) is 10.5. The van der Waals surface area contributed by atoms with E-state index in [9.17, 15) is 0 Å². The van der Waals surface area contributed by atoms with E-state index in [2.05, 4.69) is 13.8 Å². The highest BCUT2D eigenvalue weighted by atomic mass is 16.7. The van der Waals surface area contributed by atoms with Gasteiger partial charge in [0, 0.05) is 6.61 Å². The van der Waals surface area contributed by atoms with Crippen LogP contribution in [-0.4, -0.2) is 70.3 Å². The molecule has 0 aromatic rings. The molecule has 2 saturated carbocycles. The second-order valence-electron chi connectivity index (χ2n) is 10.5. The highest BCUT2D eigenvalue weighted by Crippen LogP contribution is 2.49. The molecule has 0 amide bonds. The van der Waals surface area contributed by atoms with E-state index in [1.54, 1.807) is 0 Å². The lowest BCUT2D eigenvalue weighted by molar-refractivity contribution is -0.187. The average molecular weight is 441 g/mol. The van der Waals surface area contributed by atoms with E-state index in [0.29, 0.717) is 43.5 Å². The van der Waals surface area contributed by atoms with Gasteiger partial charge in [0.05, 0.1) is 45.2 Å². The normalized spacial score (nSPS) is 36.9. The van der Waals surface area contributed by atoms with E-state index in [1.165, 1.54) is 38.5 Å². The molecule has 2 heterocycles. The van der Waals surface area contributed by atoms with Crippen molar-refractivity contribution >= 4 is 0 Å². The number of ether oxygens (including phenoxy) is 6. The van der Waals surface area contributed by atoms with Gasteiger partial charge in [-0.2, -0.15) is 0 Å². The van der Waals surface area contributed by atoms with Crippen LogP contribution >= 0.6 is 0 Å². The van der Waals surface area contributed by atoms with Gasteiger partial charge in [-0.1, -0.05) is 13.8 Å². The maximum absolute atomic E-state index is 6.27. The molecule has 31 heavy (non-hydrogen) atoms. The predicted molar refractivity (Wildman–Crippen MR) is 118 cm³/mol. The van der Waals surface area contributed by atoms with Gasteiger partial charge >= 0.3 is 0 Å². The van der Waals surface area contributed by atoms with Crippen LogP contribution in [0.4, 0.5) is 0 Å². The molecule has 4 rings (SSSR count). The van der Waals surface area contributed by atoms with E-state index < -0.39 is 0 Å². The highest BCUT2D eigenvalue weighted by Gasteiger charge is 2.42. The van der Waals surface area contributed by atoms with Crippen molar-refractivity contribution in [2.45, 2.75) is 103 Å². The molecular weight excluding hydrogens is 396 g/mol. The zero-order chi connectivity index (χ0) is 21.7. The molecule has 0 aromatic heterocycles. The third-order valence-electron chi connectivity index (χ3n) is 8.06. The fourth-order valence-electron chi connectivity index (χ4n) is 5.70. The van der Waals surface area contributed by atoms with Crippen LogP contribution in [0.5, 0.6) is 0 Å². The third kappa shape index (κ3) is 7.12. The van der Waals surface area contributed by atoms with E-state index in [0.717, 1.165) is 44.5 Å². The van der Waals surface area contributed by atoms with Crippen LogP contribution < -0.4 is 0 Å². The largest absolute Gasteiger partial charge is 0.376 e. The van der Waals surface area contributed by atoms with Crippen LogP contribution in [0, 0.1) is 17.3 Å². The standard InChI is InChI=1S/C25H44O6/c1-4-27-24(23-17-30-23)31-21-11-7-19(8-12-21)25(2,3)18-5-9-20(10-6-18)28-14-13-26-15-22-16-29-22/h18-24H,4-17H2,1-3H3. The molecule has 0 spiro atoms. The number of hydrogen-bond acceptors (Lipinski definition) is 6. The van der Waals surface area contributed by atoms with Crippen molar-refractivity contribution in [2.24, 2.45) is 17.3 Å². The summed E-state index contributed by atoms with van der Waals surface area (Å²) in [6.45, 7) is 11.5. The minimum Gasteiger partial charge on any atom is -0.376 e. The molecule has 0 aromatic carbocycles. The summed E-state index contributed by atoms with van der Waals surface area (Å²) in [6.07, 6.45) is 10.9. The van der Waals surface area contributed by atoms with Gasteiger partial charge in [-0.15, -0.1) is 0 Å². The van der Waals surface area contributed by atoms with Crippen molar-refractivity contribution in [3.63, 3.8) is 0 Å².